The third-order valence-electron chi connectivity index (χ3n) is 3.25. The Morgan fingerprint density at radius 3 is 2.70 bits per heavy atom. The number of carbonyl (C=O) groups is 1. The molecule has 0 unspecified atom stereocenters. The minimum Gasteiger partial charge on any atom is -0.382 e. The zero-order valence-corrected chi connectivity index (χ0v) is 13.0. The summed E-state index contributed by atoms with van der Waals surface area (Å²) in [6.45, 7) is 7.83. The molecule has 0 fully saturated rings. The van der Waals surface area contributed by atoms with E-state index in [0.29, 0.717) is 15.8 Å². The Kier molecular flexibility index (Phi) is 4.09. The highest BCUT2D eigenvalue weighted by molar-refractivity contribution is 7.18. The lowest BCUT2D eigenvalue weighted by Gasteiger charge is -2.08. The first-order valence-electron chi connectivity index (χ1n) is 6.54. The maximum Gasteiger partial charge on any atom is 0.189 e. The van der Waals surface area contributed by atoms with Crippen molar-refractivity contribution in [1.29, 1.82) is 0 Å². The third kappa shape index (κ3) is 2.82. The molecule has 20 heavy (non-hydrogen) atoms. The number of Topliss-reactive ketones (excluding diaryl/α,β-unsaturated/α-hetero) is 1. The van der Waals surface area contributed by atoms with E-state index < -0.39 is 0 Å². The summed E-state index contributed by atoms with van der Waals surface area (Å²) in [5.41, 5.74) is 9.20. The Morgan fingerprint density at radius 2 is 2.05 bits per heavy atom. The number of carbonyl (C=O) groups excluding carboxylic acids is 1. The van der Waals surface area contributed by atoms with Crippen LogP contribution in [-0.4, -0.2) is 10.8 Å². The van der Waals surface area contributed by atoms with Gasteiger partial charge < -0.3 is 11.1 Å². The third-order valence-corrected chi connectivity index (χ3v) is 4.25. The molecule has 0 amide bonds. The second-order valence-electron chi connectivity index (χ2n) is 5.12. The van der Waals surface area contributed by atoms with Gasteiger partial charge in [0.15, 0.2) is 10.9 Å². The van der Waals surface area contributed by atoms with Crippen LogP contribution in [-0.2, 0) is 0 Å². The second kappa shape index (κ2) is 5.63. The number of nitrogens with two attached hydrogens (primary N) is 1. The van der Waals surface area contributed by atoms with E-state index in [-0.39, 0.29) is 11.7 Å². The predicted molar refractivity (Wildman–Crippen MR) is 84.9 cm³/mol. The Labute approximate surface area is 123 Å². The number of anilines is 3. The molecule has 3 N–H and O–H groups in total. The largest absolute Gasteiger partial charge is 0.382 e. The number of nitrogens with zero attached hydrogens (tertiary/aromatic N) is 1. The number of hydrogen-bond acceptors (Lipinski definition) is 5. The second-order valence-corrected chi connectivity index (χ2v) is 6.12. The summed E-state index contributed by atoms with van der Waals surface area (Å²) in [5, 5.41) is 3.90. The van der Waals surface area contributed by atoms with Crippen LogP contribution in [0, 0.1) is 19.8 Å². The Hall–Kier alpha value is -1.88. The number of nitrogens with one attached hydrogen (secondary N) is 1. The van der Waals surface area contributed by atoms with Gasteiger partial charge in [-0.1, -0.05) is 37.3 Å². The van der Waals surface area contributed by atoms with Gasteiger partial charge in [0.05, 0.1) is 0 Å². The minimum atomic E-state index is -0.0775. The smallest absolute Gasteiger partial charge is 0.189 e. The van der Waals surface area contributed by atoms with Crippen LogP contribution in [0.5, 0.6) is 0 Å². The molecule has 0 saturated heterocycles. The number of rotatable bonds is 4. The first kappa shape index (κ1) is 14.5. The van der Waals surface area contributed by atoms with Gasteiger partial charge >= 0.3 is 0 Å². The standard InChI is InChI=1S/C15H19N3OS/c1-8(2)12(19)13-14(16)18-15(20-13)17-11-7-5-6-9(3)10(11)4/h5-8H,16H2,1-4H3,(H,17,18). The molecule has 0 aliphatic carbocycles. The Balaban J connectivity index is 2.29. The summed E-state index contributed by atoms with van der Waals surface area (Å²) < 4.78 is 0. The first-order valence-corrected chi connectivity index (χ1v) is 7.35. The lowest BCUT2D eigenvalue weighted by Crippen LogP contribution is -2.07. The summed E-state index contributed by atoms with van der Waals surface area (Å²) in [5.74, 6) is 0.266. The summed E-state index contributed by atoms with van der Waals surface area (Å²) >= 11 is 1.31. The monoisotopic (exact) mass is 289 g/mol. The molecule has 1 heterocycles. The van der Waals surface area contributed by atoms with Crippen LogP contribution in [0.1, 0.15) is 34.6 Å². The number of hydrogen-bond donors (Lipinski definition) is 2. The van der Waals surface area contributed by atoms with E-state index in [1.165, 1.54) is 16.9 Å². The van der Waals surface area contributed by atoms with E-state index in [1.807, 2.05) is 26.0 Å². The SMILES string of the molecule is Cc1cccc(Nc2nc(N)c(C(=O)C(C)C)s2)c1C. The van der Waals surface area contributed by atoms with Crippen molar-refractivity contribution in [3.63, 3.8) is 0 Å². The van der Waals surface area contributed by atoms with Gasteiger partial charge in [0.1, 0.15) is 10.7 Å². The molecule has 0 radical (unpaired) electrons. The summed E-state index contributed by atoms with van der Waals surface area (Å²) in [4.78, 5) is 16.8. The van der Waals surface area contributed by atoms with E-state index >= 15 is 0 Å². The van der Waals surface area contributed by atoms with Crippen LogP contribution in [0.4, 0.5) is 16.6 Å². The molecular weight excluding hydrogens is 270 g/mol. The van der Waals surface area contributed by atoms with Gasteiger partial charge in [0.25, 0.3) is 0 Å². The lowest BCUT2D eigenvalue weighted by molar-refractivity contribution is 0.0944. The molecule has 0 saturated carbocycles. The van der Waals surface area contributed by atoms with Crippen molar-refractivity contribution < 1.29 is 4.79 Å². The fourth-order valence-corrected chi connectivity index (χ4v) is 2.81. The van der Waals surface area contributed by atoms with Crippen molar-refractivity contribution in [3.05, 3.63) is 34.2 Å². The van der Waals surface area contributed by atoms with Crippen molar-refractivity contribution in [1.82, 2.24) is 4.98 Å². The highest BCUT2D eigenvalue weighted by Gasteiger charge is 2.19. The Bertz CT molecular complexity index is 647. The molecule has 106 valence electrons. The van der Waals surface area contributed by atoms with Crippen LogP contribution < -0.4 is 11.1 Å². The Morgan fingerprint density at radius 1 is 1.35 bits per heavy atom. The van der Waals surface area contributed by atoms with Gasteiger partial charge in [0.2, 0.25) is 0 Å². The average molecular weight is 289 g/mol. The topological polar surface area (TPSA) is 68.0 Å². The van der Waals surface area contributed by atoms with Crippen LogP contribution in [0.3, 0.4) is 0 Å². The molecule has 0 bridgehead atoms. The molecule has 5 heteroatoms. The van der Waals surface area contributed by atoms with E-state index in [0.717, 1.165) is 11.3 Å². The molecule has 1 aromatic carbocycles. The van der Waals surface area contributed by atoms with Crippen LogP contribution in [0.25, 0.3) is 0 Å². The molecule has 0 aliphatic heterocycles. The normalized spacial score (nSPS) is 10.8. The average Bonchev–Trinajstić information content (AvgIpc) is 2.75. The highest BCUT2D eigenvalue weighted by Crippen LogP contribution is 2.31. The zero-order valence-electron chi connectivity index (χ0n) is 12.2. The molecule has 2 rings (SSSR count). The van der Waals surface area contributed by atoms with Crippen molar-refractivity contribution in [2.24, 2.45) is 5.92 Å². The van der Waals surface area contributed by atoms with Crippen molar-refractivity contribution >= 4 is 33.8 Å². The van der Waals surface area contributed by atoms with Gasteiger partial charge in [-0.05, 0) is 31.0 Å². The number of thiazole rings is 1. The number of aryl methyl sites for hydroxylation is 1. The summed E-state index contributed by atoms with van der Waals surface area (Å²) in [6, 6.07) is 6.04. The fourth-order valence-electron chi connectivity index (χ4n) is 1.83. The number of ketones is 1. The van der Waals surface area contributed by atoms with Crippen molar-refractivity contribution in [3.8, 4) is 0 Å². The van der Waals surface area contributed by atoms with Crippen LogP contribution in [0.2, 0.25) is 0 Å². The molecule has 4 nitrogen and oxygen atoms in total. The molecule has 0 spiro atoms. The molecular formula is C15H19N3OS. The van der Waals surface area contributed by atoms with E-state index in [9.17, 15) is 4.79 Å². The van der Waals surface area contributed by atoms with Crippen molar-refractivity contribution in [2.75, 3.05) is 11.1 Å². The molecule has 0 atom stereocenters. The summed E-state index contributed by atoms with van der Waals surface area (Å²) in [6.07, 6.45) is 0. The quantitative estimate of drug-likeness (QED) is 0.837. The van der Waals surface area contributed by atoms with E-state index in [4.69, 9.17) is 5.73 Å². The molecule has 0 aliphatic rings. The number of benzene rings is 1. The number of aromatic nitrogens is 1. The van der Waals surface area contributed by atoms with E-state index in [1.54, 1.807) is 0 Å². The van der Waals surface area contributed by atoms with Crippen LogP contribution in [0.15, 0.2) is 18.2 Å². The number of nitrogen functional groups attached to an aromatic ring is 1. The molecule has 2 aromatic rings. The van der Waals surface area contributed by atoms with Crippen LogP contribution >= 0.6 is 11.3 Å². The van der Waals surface area contributed by atoms with Crippen molar-refractivity contribution in [2.45, 2.75) is 27.7 Å². The first-order chi connectivity index (χ1) is 9.40. The van der Waals surface area contributed by atoms with Gasteiger partial charge in [-0.25, -0.2) is 4.98 Å². The minimum absolute atomic E-state index is 0.0361. The molecule has 1 aromatic heterocycles. The predicted octanol–water partition coefficient (Wildman–Crippen LogP) is 3.92. The van der Waals surface area contributed by atoms with Gasteiger partial charge in [-0.3, -0.25) is 4.79 Å². The van der Waals surface area contributed by atoms with Gasteiger partial charge in [0, 0.05) is 11.6 Å². The maximum atomic E-state index is 12.0. The fraction of sp³-hybridized carbons (Fsp3) is 0.333. The zero-order chi connectivity index (χ0) is 14.9. The summed E-state index contributed by atoms with van der Waals surface area (Å²) in [7, 11) is 0. The van der Waals surface area contributed by atoms with Gasteiger partial charge in [-0.2, -0.15) is 0 Å². The maximum absolute atomic E-state index is 12.0. The van der Waals surface area contributed by atoms with E-state index in [2.05, 4.69) is 30.2 Å². The highest BCUT2D eigenvalue weighted by atomic mass is 32.1. The lowest BCUT2D eigenvalue weighted by atomic mass is 10.1. The van der Waals surface area contributed by atoms with Gasteiger partial charge in [-0.15, -0.1) is 0 Å².